The van der Waals surface area contributed by atoms with Crippen molar-refractivity contribution in [2.45, 2.75) is 37.8 Å². The minimum absolute atomic E-state index is 0.0314. The van der Waals surface area contributed by atoms with Gasteiger partial charge in [-0.25, -0.2) is 17.8 Å². The van der Waals surface area contributed by atoms with E-state index in [0.29, 0.717) is 5.02 Å². The van der Waals surface area contributed by atoms with E-state index in [9.17, 15) is 18.0 Å². The van der Waals surface area contributed by atoms with E-state index in [1.54, 1.807) is 20.8 Å². The molecule has 158 valence electrons. The van der Waals surface area contributed by atoms with Crippen LogP contribution in [0.15, 0.2) is 35.9 Å². The van der Waals surface area contributed by atoms with Crippen molar-refractivity contribution in [1.29, 1.82) is 0 Å². The molecule has 0 spiro atoms. The van der Waals surface area contributed by atoms with Gasteiger partial charge in [0.25, 0.3) is 0 Å². The molecule has 0 aliphatic heterocycles. The fourth-order valence-electron chi connectivity index (χ4n) is 2.50. The highest BCUT2D eigenvalue weighted by atomic mass is 35.5. The van der Waals surface area contributed by atoms with Crippen LogP contribution in [0, 0.1) is 0 Å². The second-order valence-corrected chi connectivity index (χ2v) is 9.98. The molecule has 1 aromatic carbocycles. The van der Waals surface area contributed by atoms with Crippen LogP contribution in [0.4, 0.5) is 4.79 Å². The summed E-state index contributed by atoms with van der Waals surface area (Å²) >= 11 is 12.3. The number of nitrogens with zero attached hydrogens (tertiary/aromatic N) is 1. The molecule has 2 rings (SSSR count). The predicted molar refractivity (Wildman–Crippen MR) is 111 cm³/mol. The summed E-state index contributed by atoms with van der Waals surface area (Å²) in [6, 6.07) is 4.44. The van der Waals surface area contributed by atoms with E-state index >= 15 is 0 Å². The lowest BCUT2D eigenvalue weighted by molar-refractivity contribution is -0.141. The van der Waals surface area contributed by atoms with Gasteiger partial charge in [0.05, 0.1) is 22.7 Å². The molecule has 29 heavy (non-hydrogen) atoms. The summed E-state index contributed by atoms with van der Waals surface area (Å²) in [6.45, 7) is 8.34. The number of halogens is 2. The summed E-state index contributed by atoms with van der Waals surface area (Å²) in [7, 11) is -4.16. The predicted octanol–water partition coefficient (Wildman–Crippen LogP) is 4.62. The SMILES string of the molecule is C=CCOC(=O)CCS(=O)(=O)c1c(Cl)c2cc(Cl)ccc2n1C(=O)OC(C)(C)C. The minimum Gasteiger partial charge on any atom is -0.461 e. The highest BCUT2D eigenvalue weighted by Gasteiger charge is 2.32. The van der Waals surface area contributed by atoms with Crippen molar-refractivity contribution in [2.24, 2.45) is 0 Å². The Morgan fingerprint density at radius 2 is 1.90 bits per heavy atom. The number of carbonyl (C=O) groups excluding carboxylic acids is 2. The second kappa shape index (κ2) is 8.77. The Hall–Kier alpha value is -2.03. The maximum Gasteiger partial charge on any atom is 0.420 e. The van der Waals surface area contributed by atoms with Crippen molar-refractivity contribution < 1.29 is 27.5 Å². The largest absolute Gasteiger partial charge is 0.461 e. The zero-order chi connectivity index (χ0) is 22.0. The smallest absolute Gasteiger partial charge is 0.420 e. The van der Waals surface area contributed by atoms with Crippen LogP contribution < -0.4 is 0 Å². The van der Waals surface area contributed by atoms with Crippen LogP contribution in [-0.2, 0) is 24.1 Å². The number of ether oxygens (including phenoxy) is 2. The van der Waals surface area contributed by atoms with Crippen molar-refractivity contribution in [3.8, 4) is 0 Å². The Bertz CT molecular complexity index is 1070. The molecule has 0 fully saturated rings. The quantitative estimate of drug-likeness (QED) is 0.460. The number of hydrogen-bond donors (Lipinski definition) is 0. The Labute approximate surface area is 179 Å². The zero-order valence-corrected chi connectivity index (χ0v) is 18.5. The third kappa shape index (κ3) is 5.52. The van der Waals surface area contributed by atoms with E-state index in [1.165, 1.54) is 24.3 Å². The first-order valence-corrected chi connectivity index (χ1v) is 11.0. The van der Waals surface area contributed by atoms with Gasteiger partial charge in [-0.1, -0.05) is 35.9 Å². The van der Waals surface area contributed by atoms with Crippen LogP contribution in [0.25, 0.3) is 10.9 Å². The lowest BCUT2D eigenvalue weighted by atomic mass is 10.2. The van der Waals surface area contributed by atoms with Gasteiger partial charge in [-0.05, 0) is 39.0 Å². The Morgan fingerprint density at radius 1 is 1.24 bits per heavy atom. The van der Waals surface area contributed by atoms with Gasteiger partial charge in [0.15, 0.2) is 14.9 Å². The average Bonchev–Trinajstić information content (AvgIpc) is 2.90. The van der Waals surface area contributed by atoms with Crippen molar-refractivity contribution >= 4 is 56.0 Å². The first-order chi connectivity index (χ1) is 13.4. The van der Waals surface area contributed by atoms with Crippen molar-refractivity contribution in [2.75, 3.05) is 12.4 Å². The molecule has 2 aromatic rings. The molecule has 1 aromatic heterocycles. The number of aromatic nitrogens is 1. The number of hydrogen-bond acceptors (Lipinski definition) is 6. The Morgan fingerprint density at radius 3 is 2.48 bits per heavy atom. The molecular formula is C19H21Cl2NO6S. The third-order valence-corrected chi connectivity index (χ3v) is 6.08. The molecule has 0 saturated carbocycles. The molecule has 0 amide bonds. The van der Waals surface area contributed by atoms with Crippen LogP contribution >= 0.6 is 23.2 Å². The van der Waals surface area contributed by atoms with Crippen molar-refractivity contribution in [3.63, 3.8) is 0 Å². The fraction of sp³-hybridized carbons (Fsp3) is 0.368. The molecule has 0 aliphatic carbocycles. The Kier molecular flexibility index (Phi) is 7.03. The van der Waals surface area contributed by atoms with E-state index in [0.717, 1.165) is 4.57 Å². The van der Waals surface area contributed by atoms with Gasteiger partial charge in [-0.2, -0.15) is 0 Å². The highest BCUT2D eigenvalue weighted by Crippen LogP contribution is 2.36. The van der Waals surface area contributed by atoms with E-state index in [4.69, 9.17) is 32.7 Å². The molecule has 10 heteroatoms. The van der Waals surface area contributed by atoms with Gasteiger partial charge in [0, 0.05) is 10.4 Å². The van der Waals surface area contributed by atoms with E-state index in [-0.39, 0.29) is 22.5 Å². The van der Waals surface area contributed by atoms with Gasteiger partial charge in [-0.3, -0.25) is 4.79 Å². The normalized spacial score (nSPS) is 12.0. The second-order valence-electron chi connectivity index (χ2n) is 7.14. The number of rotatable bonds is 6. The Balaban J connectivity index is 2.57. The van der Waals surface area contributed by atoms with Crippen LogP contribution in [-0.4, -0.2) is 43.0 Å². The number of carbonyl (C=O) groups is 2. The molecule has 0 radical (unpaired) electrons. The monoisotopic (exact) mass is 461 g/mol. The maximum absolute atomic E-state index is 13.0. The summed E-state index contributed by atoms with van der Waals surface area (Å²) in [6.07, 6.45) is 0.0424. The number of sulfone groups is 1. The first-order valence-electron chi connectivity index (χ1n) is 8.59. The van der Waals surface area contributed by atoms with Gasteiger partial charge >= 0.3 is 12.1 Å². The molecule has 1 heterocycles. The third-order valence-electron chi connectivity index (χ3n) is 3.63. The molecule has 0 aliphatic rings. The highest BCUT2D eigenvalue weighted by molar-refractivity contribution is 7.91. The number of esters is 1. The van der Waals surface area contributed by atoms with Crippen LogP contribution in [0.3, 0.4) is 0 Å². The standard InChI is InChI=1S/C19H21Cl2NO6S/c1-5-9-27-15(23)8-10-29(25,26)17-16(21)13-11-12(20)6-7-14(13)22(17)18(24)28-19(2,3)4/h5-7,11H,1,8-10H2,2-4H3. The molecule has 0 atom stereocenters. The number of fused-ring (bicyclic) bond motifs is 1. The van der Waals surface area contributed by atoms with Gasteiger partial charge in [-0.15, -0.1) is 0 Å². The lowest BCUT2D eigenvalue weighted by Gasteiger charge is -2.21. The molecule has 7 nitrogen and oxygen atoms in total. The van der Waals surface area contributed by atoms with Crippen LogP contribution in [0.2, 0.25) is 10.0 Å². The minimum atomic E-state index is -4.16. The zero-order valence-electron chi connectivity index (χ0n) is 16.2. The van der Waals surface area contributed by atoms with Crippen LogP contribution in [0.1, 0.15) is 27.2 Å². The fourth-order valence-corrected chi connectivity index (χ4v) is 4.73. The van der Waals surface area contributed by atoms with E-state index in [1.807, 2.05) is 0 Å². The molecule has 0 N–H and O–H groups in total. The summed E-state index contributed by atoms with van der Waals surface area (Å²) < 4.78 is 37.1. The molecule has 0 unspecified atom stereocenters. The van der Waals surface area contributed by atoms with E-state index < -0.39 is 44.7 Å². The van der Waals surface area contributed by atoms with E-state index in [2.05, 4.69) is 6.58 Å². The molecular weight excluding hydrogens is 441 g/mol. The first kappa shape index (κ1) is 23.3. The lowest BCUT2D eigenvalue weighted by Crippen LogP contribution is -2.29. The van der Waals surface area contributed by atoms with Crippen molar-refractivity contribution in [3.05, 3.63) is 40.9 Å². The van der Waals surface area contributed by atoms with Gasteiger partial charge in [0.2, 0.25) is 0 Å². The van der Waals surface area contributed by atoms with Crippen molar-refractivity contribution in [1.82, 2.24) is 4.57 Å². The number of benzene rings is 1. The molecule has 0 bridgehead atoms. The summed E-state index contributed by atoms with van der Waals surface area (Å²) in [5.74, 6) is -1.32. The van der Waals surface area contributed by atoms with Gasteiger partial charge in [0.1, 0.15) is 12.2 Å². The van der Waals surface area contributed by atoms with Gasteiger partial charge < -0.3 is 9.47 Å². The summed E-state index contributed by atoms with van der Waals surface area (Å²) in [5.41, 5.74) is -0.649. The average molecular weight is 462 g/mol. The topological polar surface area (TPSA) is 91.7 Å². The van der Waals surface area contributed by atoms with Crippen LogP contribution in [0.5, 0.6) is 0 Å². The summed E-state index contributed by atoms with van der Waals surface area (Å²) in [4.78, 5) is 24.5. The molecule has 0 saturated heterocycles. The summed E-state index contributed by atoms with van der Waals surface area (Å²) in [5, 5.41) is -0.0365. The maximum atomic E-state index is 13.0.